The van der Waals surface area contributed by atoms with Crippen LogP contribution in [0.15, 0.2) is 12.7 Å². The molecule has 1 amide bonds. The number of fused-ring (bicyclic) bond motifs is 2. The smallest absolute Gasteiger partial charge is 0.251 e. The van der Waals surface area contributed by atoms with Gasteiger partial charge in [-0.15, -0.1) is 0 Å². The number of rotatable bonds is 2. The van der Waals surface area contributed by atoms with E-state index < -0.39 is 30.3 Å². The van der Waals surface area contributed by atoms with Crippen LogP contribution in [0.1, 0.15) is 20.1 Å². The second kappa shape index (κ2) is 5.10. The van der Waals surface area contributed by atoms with Crippen molar-refractivity contribution in [3.63, 3.8) is 0 Å². The van der Waals surface area contributed by atoms with Crippen molar-refractivity contribution in [3.8, 4) is 0 Å². The SMILES string of the molecule is CNC(=O)[C@H]1OC(n2cnc3c(N)ncnc32)[C@@H]2OC(C)(C)O[C@H]12. The average molecular weight is 334 g/mol. The summed E-state index contributed by atoms with van der Waals surface area (Å²) in [5, 5.41) is 2.59. The van der Waals surface area contributed by atoms with Gasteiger partial charge in [0.05, 0.1) is 6.33 Å². The Morgan fingerprint density at radius 3 is 2.79 bits per heavy atom. The molecule has 1 unspecified atom stereocenters. The number of hydrogen-bond donors (Lipinski definition) is 2. The maximum Gasteiger partial charge on any atom is 0.251 e. The Kier molecular flexibility index (Phi) is 3.24. The Morgan fingerprint density at radius 1 is 1.29 bits per heavy atom. The maximum absolute atomic E-state index is 12.2. The lowest BCUT2D eigenvalue weighted by atomic mass is 10.1. The molecular weight excluding hydrogens is 316 g/mol. The Labute approximate surface area is 137 Å². The summed E-state index contributed by atoms with van der Waals surface area (Å²) in [4.78, 5) is 24.5. The molecule has 2 aliphatic heterocycles. The highest BCUT2D eigenvalue weighted by molar-refractivity contribution is 5.82. The highest BCUT2D eigenvalue weighted by Crippen LogP contribution is 2.43. The fourth-order valence-corrected chi connectivity index (χ4v) is 3.21. The third-order valence-corrected chi connectivity index (χ3v) is 4.20. The van der Waals surface area contributed by atoms with Crippen molar-refractivity contribution in [2.45, 2.75) is 44.2 Å². The number of ether oxygens (including phenoxy) is 3. The van der Waals surface area contributed by atoms with Gasteiger partial charge in [0, 0.05) is 7.05 Å². The van der Waals surface area contributed by atoms with Gasteiger partial charge in [0.2, 0.25) is 0 Å². The number of aromatic nitrogens is 4. The third-order valence-electron chi connectivity index (χ3n) is 4.20. The van der Waals surface area contributed by atoms with Gasteiger partial charge < -0.3 is 25.3 Å². The molecule has 2 fully saturated rings. The normalized spacial score (nSPS) is 31.3. The Bertz CT molecular complexity index is 806. The number of nitrogen functional groups attached to an aromatic ring is 1. The van der Waals surface area contributed by atoms with Crippen LogP contribution in [0.5, 0.6) is 0 Å². The van der Waals surface area contributed by atoms with E-state index in [4.69, 9.17) is 19.9 Å². The molecule has 10 heteroatoms. The highest BCUT2D eigenvalue weighted by atomic mass is 16.8. The molecule has 2 aromatic heterocycles. The number of hydrogen-bond acceptors (Lipinski definition) is 8. The number of imidazole rings is 1. The van der Waals surface area contributed by atoms with E-state index in [1.165, 1.54) is 6.33 Å². The minimum atomic E-state index is -0.811. The van der Waals surface area contributed by atoms with Crippen LogP contribution in [-0.2, 0) is 19.0 Å². The molecule has 2 aliphatic rings. The van der Waals surface area contributed by atoms with E-state index in [-0.39, 0.29) is 11.7 Å². The molecule has 128 valence electrons. The largest absolute Gasteiger partial charge is 0.382 e. The first-order valence-corrected chi connectivity index (χ1v) is 7.57. The lowest BCUT2D eigenvalue weighted by Gasteiger charge is -2.24. The molecule has 0 aliphatic carbocycles. The van der Waals surface area contributed by atoms with Crippen LogP contribution in [0.3, 0.4) is 0 Å². The van der Waals surface area contributed by atoms with Crippen LogP contribution in [0.2, 0.25) is 0 Å². The van der Waals surface area contributed by atoms with Gasteiger partial charge >= 0.3 is 0 Å². The van der Waals surface area contributed by atoms with Crippen LogP contribution in [0.25, 0.3) is 11.2 Å². The Hall–Kier alpha value is -2.30. The van der Waals surface area contributed by atoms with E-state index in [0.29, 0.717) is 11.2 Å². The quantitative estimate of drug-likeness (QED) is 0.758. The van der Waals surface area contributed by atoms with Crippen molar-refractivity contribution in [2.24, 2.45) is 0 Å². The number of anilines is 1. The minimum absolute atomic E-state index is 0.271. The summed E-state index contributed by atoms with van der Waals surface area (Å²) in [5.74, 6) is -0.805. The predicted molar refractivity (Wildman–Crippen MR) is 81.5 cm³/mol. The van der Waals surface area contributed by atoms with Gasteiger partial charge in [0.1, 0.15) is 24.1 Å². The minimum Gasteiger partial charge on any atom is -0.382 e. The van der Waals surface area contributed by atoms with Gasteiger partial charge in [-0.05, 0) is 13.8 Å². The fraction of sp³-hybridized carbons (Fsp3) is 0.571. The molecule has 10 nitrogen and oxygen atoms in total. The van der Waals surface area contributed by atoms with E-state index in [9.17, 15) is 4.79 Å². The van der Waals surface area contributed by atoms with Gasteiger partial charge in [0.25, 0.3) is 5.91 Å². The first-order valence-electron chi connectivity index (χ1n) is 7.57. The van der Waals surface area contributed by atoms with Crippen LogP contribution >= 0.6 is 0 Å². The summed E-state index contributed by atoms with van der Waals surface area (Å²) in [6.45, 7) is 3.60. The van der Waals surface area contributed by atoms with E-state index >= 15 is 0 Å². The third kappa shape index (κ3) is 2.14. The molecule has 4 atom stereocenters. The van der Waals surface area contributed by atoms with Crippen molar-refractivity contribution >= 4 is 22.9 Å². The number of nitrogens with zero attached hydrogens (tertiary/aromatic N) is 4. The molecule has 0 spiro atoms. The van der Waals surface area contributed by atoms with Gasteiger partial charge in [-0.1, -0.05) is 0 Å². The summed E-state index contributed by atoms with van der Waals surface area (Å²) < 4.78 is 19.5. The molecule has 3 N–H and O–H groups in total. The molecule has 0 bridgehead atoms. The van der Waals surface area contributed by atoms with Crippen molar-refractivity contribution in [1.82, 2.24) is 24.8 Å². The van der Waals surface area contributed by atoms with Gasteiger partial charge in [-0.3, -0.25) is 9.36 Å². The summed E-state index contributed by atoms with van der Waals surface area (Å²) in [7, 11) is 1.55. The second-order valence-electron chi connectivity index (χ2n) is 6.21. The topological polar surface area (TPSA) is 126 Å². The van der Waals surface area contributed by atoms with E-state index in [0.717, 1.165) is 0 Å². The van der Waals surface area contributed by atoms with Crippen LogP contribution in [0.4, 0.5) is 5.82 Å². The Balaban J connectivity index is 1.77. The first-order chi connectivity index (χ1) is 11.4. The number of nitrogens with two attached hydrogens (primary N) is 1. The molecule has 24 heavy (non-hydrogen) atoms. The molecule has 4 heterocycles. The van der Waals surface area contributed by atoms with Crippen molar-refractivity contribution in [3.05, 3.63) is 12.7 Å². The molecule has 4 rings (SSSR count). The predicted octanol–water partition coefficient (Wildman–Crippen LogP) is -0.428. The van der Waals surface area contributed by atoms with Gasteiger partial charge in [-0.25, -0.2) is 15.0 Å². The molecule has 2 saturated heterocycles. The maximum atomic E-state index is 12.2. The zero-order valence-corrected chi connectivity index (χ0v) is 13.5. The van der Waals surface area contributed by atoms with E-state index in [1.54, 1.807) is 31.8 Å². The van der Waals surface area contributed by atoms with Crippen LogP contribution in [-0.4, -0.2) is 56.6 Å². The molecule has 0 aromatic carbocycles. The summed E-state index contributed by atoms with van der Waals surface area (Å²) >= 11 is 0. The molecular formula is C14H18N6O4. The lowest BCUT2D eigenvalue weighted by molar-refractivity contribution is -0.197. The Morgan fingerprint density at radius 2 is 2.04 bits per heavy atom. The first kappa shape index (κ1) is 15.2. The van der Waals surface area contributed by atoms with Gasteiger partial charge in [-0.2, -0.15) is 0 Å². The average Bonchev–Trinajstić information content (AvgIpc) is 3.18. The second-order valence-corrected chi connectivity index (χ2v) is 6.21. The van der Waals surface area contributed by atoms with Crippen molar-refractivity contribution in [2.75, 3.05) is 12.8 Å². The van der Waals surface area contributed by atoms with E-state index in [1.807, 2.05) is 0 Å². The van der Waals surface area contributed by atoms with E-state index in [2.05, 4.69) is 20.3 Å². The molecule has 0 saturated carbocycles. The monoisotopic (exact) mass is 334 g/mol. The van der Waals surface area contributed by atoms with Crippen molar-refractivity contribution < 1.29 is 19.0 Å². The number of carbonyl (C=O) groups is 1. The number of carbonyl (C=O) groups excluding carboxylic acids is 1. The fourth-order valence-electron chi connectivity index (χ4n) is 3.21. The molecule has 2 aromatic rings. The highest BCUT2D eigenvalue weighted by Gasteiger charge is 2.58. The number of likely N-dealkylation sites (N-methyl/N-ethyl adjacent to an activating group) is 1. The van der Waals surface area contributed by atoms with Crippen LogP contribution in [0, 0.1) is 0 Å². The summed E-state index contributed by atoms with van der Waals surface area (Å²) in [5.41, 5.74) is 6.81. The standard InChI is InChI=1S/C14H18N6O4/c1-14(2)23-7-8(12(21)16-3)22-13(9(7)24-14)20-5-19-6-10(15)17-4-18-11(6)20/h4-5,7-9,13H,1-3H3,(H,16,21)(H2,15,17,18)/t7-,8+,9-,13?/m1/s1. The van der Waals surface area contributed by atoms with Crippen molar-refractivity contribution in [1.29, 1.82) is 0 Å². The number of nitrogens with one attached hydrogen (secondary N) is 1. The molecule has 0 radical (unpaired) electrons. The zero-order valence-electron chi connectivity index (χ0n) is 13.5. The lowest BCUT2D eigenvalue weighted by Crippen LogP contribution is -2.41. The zero-order chi connectivity index (χ0) is 17.1. The summed E-state index contributed by atoms with van der Waals surface area (Å²) in [6, 6.07) is 0. The summed E-state index contributed by atoms with van der Waals surface area (Å²) in [6.07, 6.45) is 0.506. The number of amides is 1. The van der Waals surface area contributed by atoms with Crippen LogP contribution < -0.4 is 11.1 Å². The van der Waals surface area contributed by atoms with Gasteiger partial charge in [0.15, 0.2) is 29.6 Å².